The number of carbonyl (C=O) groups is 2. The standard InChI is InChI=1S/C15H12N2O2/c1-2-10-5-7-11(8-6-10)17-14(18)12-4-3-9-16-13(12)15(17)19/h3-9H,2H2,1H3. The maximum atomic E-state index is 12.2. The van der Waals surface area contributed by atoms with E-state index in [0.717, 1.165) is 6.42 Å². The van der Waals surface area contributed by atoms with Crippen LogP contribution in [0.1, 0.15) is 33.3 Å². The molecule has 0 aliphatic carbocycles. The van der Waals surface area contributed by atoms with Gasteiger partial charge in [0.25, 0.3) is 11.8 Å². The number of rotatable bonds is 2. The fourth-order valence-electron chi connectivity index (χ4n) is 2.18. The van der Waals surface area contributed by atoms with Crippen LogP contribution in [0.25, 0.3) is 0 Å². The first-order valence-corrected chi connectivity index (χ1v) is 6.15. The van der Waals surface area contributed by atoms with Gasteiger partial charge in [-0.15, -0.1) is 0 Å². The number of benzene rings is 1. The highest BCUT2D eigenvalue weighted by Crippen LogP contribution is 2.27. The summed E-state index contributed by atoms with van der Waals surface area (Å²) >= 11 is 0. The van der Waals surface area contributed by atoms with E-state index in [4.69, 9.17) is 0 Å². The number of hydrogen-bond donors (Lipinski definition) is 0. The van der Waals surface area contributed by atoms with Gasteiger partial charge in [0.05, 0.1) is 11.3 Å². The molecule has 2 heterocycles. The number of anilines is 1. The zero-order chi connectivity index (χ0) is 13.4. The molecule has 0 atom stereocenters. The molecular formula is C15H12N2O2. The molecule has 1 aliphatic heterocycles. The van der Waals surface area contributed by atoms with E-state index in [2.05, 4.69) is 11.9 Å². The maximum Gasteiger partial charge on any atom is 0.284 e. The number of amides is 2. The van der Waals surface area contributed by atoms with Crippen molar-refractivity contribution in [1.29, 1.82) is 0 Å². The molecule has 1 aliphatic rings. The zero-order valence-corrected chi connectivity index (χ0v) is 10.5. The van der Waals surface area contributed by atoms with Gasteiger partial charge in [-0.2, -0.15) is 0 Å². The van der Waals surface area contributed by atoms with Gasteiger partial charge in [0.15, 0.2) is 0 Å². The molecule has 0 N–H and O–H groups in total. The summed E-state index contributed by atoms with van der Waals surface area (Å²) in [6, 6.07) is 10.7. The van der Waals surface area contributed by atoms with E-state index >= 15 is 0 Å². The number of pyridine rings is 1. The molecule has 0 radical (unpaired) electrons. The number of aromatic nitrogens is 1. The van der Waals surface area contributed by atoms with Crippen LogP contribution in [0, 0.1) is 0 Å². The number of carbonyl (C=O) groups excluding carboxylic acids is 2. The molecule has 0 bridgehead atoms. The van der Waals surface area contributed by atoms with Crippen LogP contribution in [0.5, 0.6) is 0 Å². The summed E-state index contributed by atoms with van der Waals surface area (Å²) in [5.74, 6) is -0.665. The van der Waals surface area contributed by atoms with Crippen LogP contribution in [0.15, 0.2) is 42.6 Å². The normalized spacial score (nSPS) is 13.8. The molecule has 0 saturated carbocycles. The van der Waals surface area contributed by atoms with E-state index in [1.807, 2.05) is 12.1 Å². The Morgan fingerprint density at radius 1 is 1.05 bits per heavy atom. The molecule has 0 unspecified atom stereocenters. The molecule has 2 amide bonds. The number of hydrogen-bond acceptors (Lipinski definition) is 3. The fourth-order valence-corrected chi connectivity index (χ4v) is 2.18. The number of fused-ring (bicyclic) bond motifs is 1. The summed E-state index contributed by atoms with van der Waals surface area (Å²) in [5.41, 5.74) is 2.35. The first-order valence-electron chi connectivity index (χ1n) is 6.15. The summed E-state index contributed by atoms with van der Waals surface area (Å²) < 4.78 is 0. The lowest BCUT2D eigenvalue weighted by atomic mass is 10.1. The van der Waals surface area contributed by atoms with E-state index < -0.39 is 0 Å². The summed E-state index contributed by atoms with van der Waals surface area (Å²) in [6.45, 7) is 2.06. The average molecular weight is 252 g/mol. The van der Waals surface area contributed by atoms with Crippen molar-refractivity contribution >= 4 is 17.5 Å². The number of imide groups is 1. The van der Waals surface area contributed by atoms with Crippen molar-refractivity contribution in [2.24, 2.45) is 0 Å². The van der Waals surface area contributed by atoms with Crippen molar-refractivity contribution in [1.82, 2.24) is 4.98 Å². The summed E-state index contributed by atoms with van der Waals surface area (Å²) in [5, 5.41) is 0. The first kappa shape index (κ1) is 11.6. The average Bonchev–Trinajstić information content (AvgIpc) is 2.72. The predicted octanol–water partition coefficient (Wildman–Crippen LogP) is 2.44. The molecule has 3 rings (SSSR count). The molecule has 4 heteroatoms. The van der Waals surface area contributed by atoms with E-state index in [1.165, 1.54) is 16.7 Å². The topological polar surface area (TPSA) is 50.3 Å². The van der Waals surface area contributed by atoms with Crippen LogP contribution < -0.4 is 4.90 Å². The van der Waals surface area contributed by atoms with Crippen molar-refractivity contribution in [3.05, 3.63) is 59.4 Å². The first-order chi connectivity index (χ1) is 9.22. The number of aryl methyl sites for hydroxylation is 1. The monoisotopic (exact) mass is 252 g/mol. The summed E-state index contributed by atoms with van der Waals surface area (Å²) in [7, 11) is 0. The minimum atomic E-state index is -0.357. The fraction of sp³-hybridized carbons (Fsp3) is 0.133. The smallest absolute Gasteiger partial charge is 0.268 e. The van der Waals surface area contributed by atoms with Crippen LogP contribution in [-0.4, -0.2) is 16.8 Å². The van der Waals surface area contributed by atoms with E-state index in [9.17, 15) is 9.59 Å². The third-order valence-electron chi connectivity index (χ3n) is 3.25. The summed E-state index contributed by atoms with van der Waals surface area (Å²) in [6.07, 6.45) is 2.44. The lowest BCUT2D eigenvalue weighted by molar-refractivity contribution is 0.0924. The summed E-state index contributed by atoms with van der Waals surface area (Å²) in [4.78, 5) is 29.6. The minimum absolute atomic E-state index is 0.229. The minimum Gasteiger partial charge on any atom is -0.268 e. The van der Waals surface area contributed by atoms with Gasteiger partial charge in [0.2, 0.25) is 0 Å². The van der Waals surface area contributed by atoms with Gasteiger partial charge in [0, 0.05) is 6.20 Å². The Morgan fingerprint density at radius 2 is 1.79 bits per heavy atom. The van der Waals surface area contributed by atoms with Crippen molar-refractivity contribution in [3.63, 3.8) is 0 Å². The second-order valence-electron chi connectivity index (χ2n) is 4.37. The van der Waals surface area contributed by atoms with Crippen molar-refractivity contribution in [2.75, 3.05) is 4.90 Å². The van der Waals surface area contributed by atoms with Gasteiger partial charge < -0.3 is 0 Å². The Hall–Kier alpha value is -2.49. The second kappa shape index (κ2) is 4.31. The lowest BCUT2D eigenvalue weighted by Gasteiger charge is -2.13. The van der Waals surface area contributed by atoms with Crippen LogP contribution in [-0.2, 0) is 6.42 Å². The Morgan fingerprint density at radius 3 is 2.42 bits per heavy atom. The van der Waals surface area contributed by atoms with E-state index in [1.54, 1.807) is 24.3 Å². The number of nitrogens with zero attached hydrogens (tertiary/aromatic N) is 2. The molecule has 2 aromatic rings. The van der Waals surface area contributed by atoms with Gasteiger partial charge in [0.1, 0.15) is 5.69 Å². The highest BCUT2D eigenvalue weighted by molar-refractivity contribution is 6.33. The van der Waals surface area contributed by atoms with Gasteiger partial charge in [-0.1, -0.05) is 19.1 Å². The maximum absolute atomic E-state index is 12.2. The molecule has 0 spiro atoms. The highest BCUT2D eigenvalue weighted by atomic mass is 16.2. The van der Waals surface area contributed by atoms with Crippen molar-refractivity contribution in [2.45, 2.75) is 13.3 Å². The van der Waals surface area contributed by atoms with Gasteiger partial charge in [-0.3, -0.25) is 14.6 Å². The van der Waals surface area contributed by atoms with Crippen LogP contribution in [0.2, 0.25) is 0 Å². The van der Waals surface area contributed by atoms with Crippen LogP contribution in [0.3, 0.4) is 0 Å². The van der Waals surface area contributed by atoms with E-state index in [0.29, 0.717) is 11.3 Å². The SMILES string of the molecule is CCc1ccc(N2C(=O)c3cccnc3C2=O)cc1. The molecule has 1 aromatic carbocycles. The van der Waals surface area contributed by atoms with Crippen LogP contribution in [0.4, 0.5) is 5.69 Å². The van der Waals surface area contributed by atoms with Gasteiger partial charge >= 0.3 is 0 Å². The zero-order valence-electron chi connectivity index (χ0n) is 10.5. The molecule has 4 nitrogen and oxygen atoms in total. The largest absolute Gasteiger partial charge is 0.284 e. The van der Waals surface area contributed by atoms with Crippen molar-refractivity contribution < 1.29 is 9.59 Å². The van der Waals surface area contributed by atoms with Gasteiger partial charge in [-0.25, -0.2) is 4.90 Å². The molecule has 94 valence electrons. The molecule has 1 aromatic heterocycles. The third kappa shape index (κ3) is 1.73. The predicted molar refractivity (Wildman–Crippen MR) is 71.2 cm³/mol. The van der Waals surface area contributed by atoms with Crippen molar-refractivity contribution in [3.8, 4) is 0 Å². The molecule has 19 heavy (non-hydrogen) atoms. The van der Waals surface area contributed by atoms with Gasteiger partial charge in [-0.05, 0) is 36.2 Å². The Labute approximate surface area is 110 Å². The Bertz CT molecular complexity index is 627. The molecular weight excluding hydrogens is 240 g/mol. The second-order valence-corrected chi connectivity index (χ2v) is 4.37. The van der Waals surface area contributed by atoms with Crippen LogP contribution >= 0.6 is 0 Å². The lowest BCUT2D eigenvalue weighted by Crippen LogP contribution is -2.29. The quantitative estimate of drug-likeness (QED) is 0.771. The molecule has 0 fully saturated rings. The Kier molecular flexibility index (Phi) is 2.63. The highest BCUT2D eigenvalue weighted by Gasteiger charge is 2.37. The van der Waals surface area contributed by atoms with E-state index in [-0.39, 0.29) is 17.5 Å². The Balaban J connectivity index is 2.03. The molecule has 0 saturated heterocycles. The third-order valence-corrected chi connectivity index (χ3v) is 3.25.